The molecule has 18 heavy (non-hydrogen) atoms. The predicted molar refractivity (Wildman–Crippen MR) is 70.8 cm³/mol. The molecule has 4 heteroatoms. The van der Waals surface area contributed by atoms with E-state index in [1.54, 1.807) is 0 Å². The minimum atomic E-state index is -0.370. The maximum atomic E-state index is 11.1. The predicted octanol–water partition coefficient (Wildman–Crippen LogP) is 1.96. The SMILES string of the molecule is CCNCc1cc(C)c(OCC(=O)OC)c(C)c1. The highest BCUT2D eigenvalue weighted by Gasteiger charge is 2.09. The Hall–Kier alpha value is -1.55. The molecule has 1 aromatic carbocycles. The molecule has 0 heterocycles. The van der Waals surface area contributed by atoms with Crippen molar-refractivity contribution in [1.82, 2.24) is 5.32 Å². The normalized spacial score (nSPS) is 10.2. The van der Waals surface area contributed by atoms with Gasteiger partial charge in [-0.1, -0.05) is 19.1 Å². The Labute approximate surface area is 108 Å². The molecule has 0 amide bonds. The smallest absolute Gasteiger partial charge is 0.343 e. The molecule has 0 fully saturated rings. The third kappa shape index (κ3) is 4.04. The largest absolute Gasteiger partial charge is 0.481 e. The number of carbonyl (C=O) groups excluding carboxylic acids is 1. The number of hydrogen-bond acceptors (Lipinski definition) is 4. The molecular weight excluding hydrogens is 230 g/mol. The van der Waals surface area contributed by atoms with E-state index in [1.807, 2.05) is 13.8 Å². The number of benzene rings is 1. The van der Waals surface area contributed by atoms with Gasteiger partial charge in [-0.25, -0.2) is 4.79 Å². The lowest BCUT2D eigenvalue weighted by atomic mass is 10.1. The lowest BCUT2D eigenvalue weighted by Crippen LogP contribution is -2.15. The standard InChI is InChI=1S/C14H21NO3/c1-5-15-8-12-6-10(2)14(11(3)7-12)18-9-13(16)17-4/h6-7,15H,5,8-9H2,1-4H3. The molecule has 0 spiro atoms. The zero-order chi connectivity index (χ0) is 13.5. The van der Waals surface area contributed by atoms with Crippen LogP contribution >= 0.6 is 0 Å². The van der Waals surface area contributed by atoms with Crippen LogP contribution in [0.4, 0.5) is 0 Å². The summed E-state index contributed by atoms with van der Waals surface area (Å²) in [6.45, 7) is 7.77. The van der Waals surface area contributed by atoms with E-state index in [2.05, 4.69) is 29.1 Å². The zero-order valence-electron chi connectivity index (χ0n) is 11.5. The molecule has 0 radical (unpaired) electrons. The van der Waals surface area contributed by atoms with Gasteiger partial charge in [0.2, 0.25) is 0 Å². The summed E-state index contributed by atoms with van der Waals surface area (Å²) in [5.41, 5.74) is 3.29. The Morgan fingerprint density at radius 3 is 2.39 bits per heavy atom. The van der Waals surface area contributed by atoms with Crippen LogP contribution in [0, 0.1) is 13.8 Å². The number of carbonyl (C=O) groups is 1. The molecule has 100 valence electrons. The van der Waals surface area contributed by atoms with Crippen LogP contribution in [0.1, 0.15) is 23.6 Å². The van der Waals surface area contributed by atoms with Crippen molar-refractivity contribution in [1.29, 1.82) is 0 Å². The topological polar surface area (TPSA) is 47.6 Å². The Balaban J connectivity index is 2.77. The van der Waals surface area contributed by atoms with Crippen molar-refractivity contribution < 1.29 is 14.3 Å². The second kappa shape index (κ2) is 7.01. The Morgan fingerprint density at radius 2 is 1.89 bits per heavy atom. The maximum absolute atomic E-state index is 11.1. The quantitative estimate of drug-likeness (QED) is 0.785. The number of methoxy groups -OCH3 is 1. The summed E-state index contributed by atoms with van der Waals surface area (Å²) in [4.78, 5) is 11.1. The van der Waals surface area contributed by atoms with E-state index >= 15 is 0 Å². The fraction of sp³-hybridized carbons (Fsp3) is 0.500. The summed E-state index contributed by atoms with van der Waals surface area (Å²) in [5, 5.41) is 3.28. The molecule has 0 aromatic heterocycles. The molecule has 0 saturated heterocycles. The molecule has 4 nitrogen and oxygen atoms in total. The van der Waals surface area contributed by atoms with Gasteiger partial charge in [-0.3, -0.25) is 0 Å². The van der Waals surface area contributed by atoms with Crippen molar-refractivity contribution in [2.45, 2.75) is 27.3 Å². The molecule has 0 aliphatic heterocycles. The second-order valence-electron chi connectivity index (χ2n) is 4.20. The summed E-state index contributed by atoms with van der Waals surface area (Å²) in [6, 6.07) is 4.14. The van der Waals surface area contributed by atoms with Crippen molar-refractivity contribution in [3.63, 3.8) is 0 Å². The lowest BCUT2D eigenvalue weighted by molar-refractivity contribution is -0.142. The maximum Gasteiger partial charge on any atom is 0.343 e. The first kappa shape index (κ1) is 14.5. The first-order chi connectivity index (χ1) is 8.58. The summed E-state index contributed by atoms with van der Waals surface area (Å²) in [7, 11) is 1.35. The van der Waals surface area contributed by atoms with E-state index in [9.17, 15) is 4.79 Å². The fourth-order valence-corrected chi connectivity index (χ4v) is 1.83. The highest BCUT2D eigenvalue weighted by atomic mass is 16.6. The number of aryl methyl sites for hydroxylation is 2. The number of rotatable bonds is 6. The van der Waals surface area contributed by atoms with Gasteiger partial charge in [-0.15, -0.1) is 0 Å². The Morgan fingerprint density at radius 1 is 1.28 bits per heavy atom. The van der Waals surface area contributed by atoms with Crippen molar-refractivity contribution in [3.05, 3.63) is 28.8 Å². The van der Waals surface area contributed by atoms with E-state index in [1.165, 1.54) is 12.7 Å². The summed E-state index contributed by atoms with van der Waals surface area (Å²) >= 11 is 0. The average Bonchev–Trinajstić information content (AvgIpc) is 2.34. The third-order valence-corrected chi connectivity index (χ3v) is 2.66. The van der Waals surface area contributed by atoms with Crippen LogP contribution in [0.25, 0.3) is 0 Å². The highest BCUT2D eigenvalue weighted by molar-refractivity contribution is 5.71. The van der Waals surface area contributed by atoms with Gasteiger partial charge in [0, 0.05) is 6.54 Å². The minimum Gasteiger partial charge on any atom is -0.481 e. The minimum absolute atomic E-state index is 0.0509. The van der Waals surface area contributed by atoms with Gasteiger partial charge < -0.3 is 14.8 Å². The molecule has 1 rings (SSSR count). The zero-order valence-corrected chi connectivity index (χ0v) is 11.5. The molecule has 0 saturated carbocycles. The van der Waals surface area contributed by atoms with Crippen molar-refractivity contribution in [2.24, 2.45) is 0 Å². The number of esters is 1. The van der Waals surface area contributed by atoms with E-state index in [4.69, 9.17) is 4.74 Å². The highest BCUT2D eigenvalue weighted by Crippen LogP contribution is 2.24. The van der Waals surface area contributed by atoms with Crippen LogP contribution in [0.15, 0.2) is 12.1 Å². The number of hydrogen-bond donors (Lipinski definition) is 1. The van der Waals surface area contributed by atoms with Crippen LogP contribution in [-0.2, 0) is 16.1 Å². The van der Waals surface area contributed by atoms with E-state index in [0.717, 1.165) is 30.0 Å². The van der Waals surface area contributed by atoms with Crippen LogP contribution in [-0.4, -0.2) is 26.2 Å². The molecule has 0 aliphatic carbocycles. The molecule has 0 aliphatic rings. The fourth-order valence-electron chi connectivity index (χ4n) is 1.83. The molecule has 1 aromatic rings. The first-order valence-corrected chi connectivity index (χ1v) is 6.09. The number of ether oxygens (including phenoxy) is 2. The van der Waals surface area contributed by atoms with Crippen molar-refractivity contribution >= 4 is 5.97 Å². The van der Waals surface area contributed by atoms with Crippen molar-refractivity contribution in [2.75, 3.05) is 20.3 Å². The van der Waals surface area contributed by atoms with Gasteiger partial charge in [0.05, 0.1) is 7.11 Å². The van der Waals surface area contributed by atoms with E-state index < -0.39 is 0 Å². The van der Waals surface area contributed by atoms with Gasteiger partial charge in [0.25, 0.3) is 0 Å². The molecule has 1 N–H and O–H groups in total. The molecule has 0 atom stereocenters. The second-order valence-corrected chi connectivity index (χ2v) is 4.20. The van der Waals surface area contributed by atoms with Gasteiger partial charge in [0.1, 0.15) is 5.75 Å². The first-order valence-electron chi connectivity index (χ1n) is 6.09. The van der Waals surface area contributed by atoms with Gasteiger partial charge in [-0.2, -0.15) is 0 Å². The van der Waals surface area contributed by atoms with Crippen LogP contribution < -0.4 is 10.1 Å². The molecule has 0 bridgehead atoms. The van der Waals surface area contributed by atoms with Gasteiger partial charge in [0.15, 0.2) is 6.61 Å². The van der Waals surface area contributed by atoms with Crippen LogP contribution in [0.3, 0.4) is 0 Å². The molecular formula is C14H21NO3. The lowest BCUT2D eigenvalue weighted by Gasteiger charge is -2.13. The van der Waals surface area contributed by atoms with Crippen LogP contribution in [0.2, 0.25) is 0 Å². The summed E-state index contributed by atoms with van der Waals surface area (Å²) in [5.74, 6) is 0.395. The summed E-state index contributed by atoms with van der Waals surface area (Å²) in [6.07, 6.45) is 0. The molecule has 0 unspecified atom stereocenters. The van der Waals surface area contributed by atoms with Crippen LogP contribution in [0.5, 0.6) is 5.75 Å². The monoisotopic (exact) mass is 251 g/mol. The average molecular weight is 251 g/mol. The Bertz CT molecular complexity index is 392. The Kier molecular flexibility index (Phi) is 5.65. The van der Waals surface area contributed by atoms with Crippen molar-refractivity contribution in [3.8, 4) is 5.75 Å². The third-order valence-electron chi connectivity index (χ3n) is 2.66. The van der Waals surface area contributed by atoms with E-state index in [0.29, 0.717) is 0 Å². The van der Waals surface area contributed by atoms with Gasteiger partial charge in [-0.05, 0) is 37.1 Å². The van der Waals surface area contributed by atoms with E-state index in [-0.39, 0.29) is 12.6 Å². The number of nitrogens with one attached hydrogen (secondary N) is 1. The summed E-state index contributed by atoms with van der Waals surface area (Å²) < 4.78 is 10.0. The van der Waals surface area contributed by atoms with Gasteiger partial charge >= 0.3 is 5.97 Å².